The second-order valence-corrected chi connectivity index (χ2v) is 9.68. The Bertz CT molecular complexity index is 944. The maximum Gasteiger partial charge on any atom is 0.397 e. The topological polar surface area (TPSA) is 277 Å². The lowest BCUT2D eigenvalue weighted by Crippen LogP contribution is -2.67. The fourth-order valence-corrected chi connectivity index (χ4v) is 4.41. The van der Waals surface area contributed by atoms with Crippen LogP contribution in [0.3, 0.4) is 0 Å². The van der Waals surface area contributed by atoms with E-state index in [1.807, 2.05) is 0 Å². The van der Waals surface area contributed by atoms with E-state index < -0.39 is 94.7 Å². The molecule has 20 heteroatoms. The highest BCUT2D eigenvalue weighted by atomic mass is 32.3. The third-order valence-electron chi connectivity index (χ3n) is 5.08. The number of carbonyl (C=O) groups is 1. The van der Waals surface area contributed by atoms with Crippen molar-refractivity contribution in [1.29, 1.82) is 0 Å². The molecule has 2 rings (SSSR count). The average molecular weight is 572 g/mol. The minimum absolute atomic E-state index is 0.0454. The molecule has 0 amide bonds. The minimum atomic E-state index is -5.29. The third-order valence-corrected chi connectivity index (χ3v) is 5.98. The van der Waals surface area contributed by atoms with Gasteiger partial charge in [0, 0.05) is 13.2 Å². The molecule has 4 unspecified atom stereocenters. The minimum Gasteiger partial charge on any atom is -0.479 e. The first-order valence-corrected chi connectivity index (χ1v) is 13.1. The number of aliphatic hydroxyl groups is 2. The van der Waals surface area contributed by atoms with Gasteiger partial charge in [0.05, 0.1) is 12.6 Å². The lowest BCUT2D eigenvalue weighted by molar-refractivity contribution is -0.341. The number of rotatable bonds is 12. The Hall–Kier alpha value is -1.11. The molecule has 2 heterocycles. The Labute approximate surface area is 206 Å². The number of aliphatic hydroxyl groups excluding tert-OH is 2. The van der Waals surface area contributed by atoms with Crippen molar-refractivity contribution in [2.24, 2.45) is 5.73 Å². The van der Waals surface area contributed by atoms with Crippen molar-refractivity contribution in [3.63, 3.8) is 0 Å². The number of aliphatic carboxylic acids is 1. The molecule has 0 saturated carbocycles. The number of carboxylic acid groups (broad SMARTS) is 1. The highest BCUT2D eigenvalue weighted by molar-refractivity contribution is 7.81. The number of carboxylic acids is 1. The Morgan fingerprint density at radius 2 is 1.50 bits per heavy atom. The summed E-state index contributed by atoms with van der Waals surface area (Å²) in [7, 11) is -10.3. The van der Waals surface area contributed by atoms with E-state index in [1.165, 1.54) is 6.92 Å². The van der Waals surface area contributed by atoms with Crippen LogP contribution in [0.2, 0.25) is 0 Å². The number of ether oxygens (including phenoxy) is 5. The van der Waals surface area contributed by atoms with Crippen molar-refractivity contribution in [2.45, 2.75) is 75.2 Å². The molecule has 2 saturated heterocycles. The van der Waals surface area contributed by atoms with E-state index in [2.05, 4.69) is 8.37 Å². The van der Waals surface area contributed by atoms with Crippen LogP contribution in [0.5, 0.6) is 0 Å². The Kier molecular flexibility index (Phi) is 10.9. The van der Waals surface area contributed by atoms with E-state index in [0.29, 0.717) is 0 Å². The maximum atomic E-state index is 11.7. The lowest BCUT2D eigenvalue weighted by atomic mass is 9.96. The van der Waals surface area contributed by atoms with Gasteiger partial charge in [-0.05, 0) is 13.8 Å². The van der Waals surface area contributed by atoms with Gasteiger partial charge in [0.15, 0.2) is 24.8 Å². The molecule has 0 spiro atoms. The standard InChI is InChI=1S/C16H29NO17S2/c1-3-28-11-9(19)12(34-36(25,26)27)16(33-13(11)14(20)21)32-10-6(5-30-35(22,23)24)31-15(29-4-2)7(17)8(10)18/h6-13,15-16,18-19H,3-5,17H2,1-2H3,(H,20,21)(H,22,23,24)(H,25,26,27)/t6?,7?,8-,9+,10-,11+,12?,13?,15-,16-/m1/s1. The van der Waals surface area contributed by atoms with Gasteiger partial charge in [-0.25, -0.2) is 13.2 Å². The molecule has 2 aliphatic rings. The molecule has 0 aliphatic carbocycles. The van der Waals surface area contributed by atoms with Gasteiger partial charge in [-0.3, -0.25) is 9.11 Å². The summed E-state index contributed by atoms with van der Waals surface area (Å²) in [4.78, 5) is 11.7. The molecule has 18 nitrogen and oxygen atoms in total. The number of hydrogen-bond acceptors (Lipinski definition) is 15. The molecule has 0 radical (unpaired) electrons. The number of nitrogens with two attached hydrogens (primary N) is 1. The van der Waals surface area contributed by atoms with E-state index >= 15 is 0 Å². The molecule has 10 atom stereocenters. The van der Waals surface area contributed by atoms with Crippen LogP contribution in [0.25, 0.3) is 0 Å². The van der Waals surface area contributed by atoms with Gasteiger partial charge in [0.2, 0.25) is 0 Å². The van der Waals surface area contributed by atoms with Crippen molar-refractivity contribution in [3.8, 4) is 0 Å². The summed E-state index contributed by atoms with van der Waals surface area (Å²) < 4.78 is 98.2. The zero-order chi connectivity index (χ0) is 27.4. The summed E-state index contributed by atoms with van der Waals surface area (Å²) >= 11 is 0. The summed E-state index contributed by atoms with van der Waals surface area (Å²) in [5, 5.41) is 30.8. The summed E-state index contributed by atoms with van der Waals surface area (Å²) in [5.41, 5.74) is 5.89. The molecule has 2 aliphatic heterocycles. The van der Waals surface area contributed by atoms with Crippen LogP contribution < -0.4 is 5.73 Å². The summed E-state index contributed by atoms with van der Waals surface area (Å²) in [6.45, 7) is 1.92. The van der Waals surface area contributed by atoms with Crippen LogP contribution in [-0.4, -0.2) is 128 Å². The van der Waals surface area contributed by atoms with E-state index in [0.717, 1.165) is 0 Å². The van der Waals surface area contributed by atoms with Gasteiger partial charge in [-0.1, -0.05) is 0 Å². The zero-order valence-corrected chi connectivity index (χ0v) is 20.6. The lowest BCUT2D eigenvalue weighted by Gasteiger charge is -2.47. The van der Waals surface area contributed by atoms with Crippen LogP contribution in [-0.2, 0) is 57.6 Å². The van der Waals surface area contributed by atoms with Crippen LogP contribution >= 0.6 is 0 Å². The van der Waals surface area contributed by atoms with Gasteiger partial charge in [-0.2, -0.15) is 16.8 Å². The Balaban J connectivity index is 2.42. The molecule has 7 N–H and O–H groups in total. The Morgan fingerprint density at radius 1 is 0.889 bits per heavy atom. The van der Waals surface area contributed by atoms with Crippen molar-refractivity contribution < 1.29 is 78.1 Å². The molecule has 0 aromatic rings. The highest BCUT2D eigenvalue weighted by Crippen LogP contribution is 2.32. The fourth-order valence-electron chi connectivity index (χ4n) is 3.62. The molecular formula is C16H29NO17S2. The molecule has 0 aromatic carbocycles. The number of hydrogen-bond donors (Lipinski definition) is 6. The first kappa shape index (κ1) is 31.1. The van der Waals surface area contributed by atoms with E-state index in [-0.39, 0.29) is 13.2 Å². The van der Waals surface area contributed by atoms with Crippen molar-refractivity contribution >= 4 is 26.8 Å². The molecular weight excluding hydrogens is 542 g/mol. The summed E-state index contributed by atoms with van der Waals surface area (Å²) in [6, 6.07) is -1.35. The van der Waals surface area contributed by atoms with Crippen LogP contribution in [0.15, 0.2) is 0 Å². The first-order valence-electron chi connectivity index (χ1n) is 10.4. The molecule has 2 fully saturated rings. The van der Waals surface area contributed by atoms with E-state index in [9.17, 15) is 36.9 Å². The maximum absolute atomic E-state index is 11.7. The summed E-state index contributed by atoms with van der Waals surface area (Å²) in [5.74, 6) is -1.66. The molecule has 36 heavy (non-hydrogen) atoms. The largest absolute Gasteiger partial charge is 0.479 e. The molecule has 0 aromatic heterocycles. The monoisotopic (exact) mass is 571 g/mol. The van der Waals surface area contributed by atoms with Crippen LogP contribution in [0, 0.1) is 0 Å². The smallest absolute Gasteiger partial charge is 0.397 e. The first-order chi connectivity index (χ1) is 16.6. The van der Waals surface area contributed by atoms with E-state index in [1.54, 1.807) is 6.92 Å². The SMILES string of the molecule is CCO[C@@H]1OC(COS(=O)(=O)O)[C@@H](O[C@@H]2OC(C(=O)O)[C@@H](OCC)[C@H](O)C2OS(=O)(=O)O)[C@H](O)C1N. The molecule has 0 bridgehead atoms. The van der Waals surface area contributed by atoms with Gasteiger partial charge in [-0.15, -0.1) is 0 Å². The van der Waals surface area contributed by atoms with E-state index in [4.69, 9.17) is 38.5 Å². The van der Waals surface area contributed by atoms with Crippen molar-refractivity contribution in [3.05, 3.63) is 0 Å². The fraction of sp³-hybridized carbons (Fsp3) is 0.938. The van der Waals surface area contributed by atoms with Crippen LogP contribution in [0.4, 0.5) is 0 Å². The van der Waals surface area contributed by atoms with Gasteiger partial charge >= 0.3 is 26.8 Å². The Morgan fingerprint density at radius 3 is 2.00 bits per heavy atom. The summed E-state index contributed by atoms with van der Waals surface area (Å²) in [6.07, 6.45) is -16.5. The third kappa shape index (κ3) is 8.19. The molecule has 212 valence electrons. The highest BCUT2D eigenvalue weighted by Gasteiger charge is 2.54. The van der Waals surface area contributed by atoms with Crippen molar-refractivity contribution in [1.82, 2.24) is 0 Å². The van der Waals surface area contributed by atoms with Crippen molar-refractivity contribution in [2.75, 3.05) is 19.8 Å². The van der Waals surface area contributed by atoms with Crippen LogP contribution in [0.1, 0.15) is 13.8 Å². The average Bonchev–Trinajstić information content (AvgIpc) is 2.75. The quantitative estimate of drug-likeness (QED) is 0.123. The van der Waals surface area contributed by atoms with Gasteiger partial charge in [0.1, 0.15) is 30.5 Å². The predicted molar refractivity (Wildman–Crippen MR) is 111 cm³/mol. The zero-order valence-electron chi connectivity index (χ0n) is 18.9. The van der Waals surface area contributed by atoms with Gasteiger partial charge in [0.25, 0.3) is 0 Å². The predicted octanol–water partition coefficient (Wildman–Crippen LogP) is -3.60. The second kappa shape index (κ2) is 12.6. The second-order valence-electron chi connectivity index (χ2n) is 7.54. The normalized spacial score (nSPS) is 38.1. The van der Waals surface area contributed by atoms with Gasteiger partial charge < -0.3 is 44.7 Å².